The van der Waals surface area contributed by atoms with E-state index in [2.05, 4.69) is 29.5 Å². The number of rotatable bonds is 5. The Kier molecular flexibility index (Phi) is 5.53. The molecule has 20 heavy (non-hydrogen) atoms. The molecule has 2 heterocycles. The van der Waals surface area contributed by atoms with Crippen molar-refractivity contribution in [3.05, 3.63) is 30.1 Å². The summed E-state index contributed by atoms with van der Waals surface area (Å²) in [6, 6.07) is 4.37. The van der Waals surface area contributed by atoms with Crippen molar-refractivity contribution < 1.29 is 4.79 Å². The molecule has 3 atom stereocenters. The van der Waals surface area contributed by atoms with Crippen LogP contribution < -0.4 is 10.6 Å². The lowest BCUT2D eigenvalue weighted by Gasteiger charge is -2.30. The number of hydrogen-bond donors (Lipinski definition) is 2. The lowest BCUT2D eigenvalue weighted by Crippen LogP contribution is -2.47. The van der Waals surface area contributed by atoms with E-state index in [4.69, 9.17) is 0 Å². The maximum Gasteiger partial charge on any atom is 0.220 e. The monoisotopic (exact) mass is 275 g/mol. The molecule has 1 amide bonds. The van der Waals surface area contributed by atoms with Crippen LogP contribution in [-0.2, 0) is 4.79 Å². The Labute approximate surface area is 121 Å². The Morgan fingerprint density at radius 1 is 1.50 bits per heavy atom. The maximum atomic E-state index is 12.0. The molecule has 1 saturated heterocycles. The predicted molar refractivity (Wildman–Crippen MR) is 80.5 cm³/mol. The van der Waals surface area contributed by atoms with Crippen molar-refractivity contribution in [2.75, 3.05) is 13.1 Å². The van der Waals surface area contributed by atoms with E-state index < -0.39 is 0 Å². The van der Waals surface area contributed by atoms with Gasteiger partial charge in [0.25, 0.3) is 0 Å². The molecule has 2 N–H and O–H groups in total. The topological polar surface area (TPSA) is 54.0 Å². The zero-order valence-corrected chi connectivity index (χ0v) is 12.4. The van der Waals surface area contributed by atoms with E-state index in [1.54, 1.807) is 12.4 Å². The molecule has 0 saturated carbocycles. The van der Waals surface area contributed by atoms with Crippen molar-refractivity contribution in [2.45, 2.75) is 45.1 Å². The highest BCUT2D eigenvalue weighted by molar-refractivity contribution is 5.76. The van der Waals surface area contributed by atoms with Crippen molar-refractivity contribution in [2.24, 2.45) is 5.92 Å². The Morgan fingerprint density at radius 3 is 2.95 bits per heavy atom. The number of nitrogens with zero attached hydrogens (tertiary/aromatic N) is 1. The lowest BCUT2D eigenvalue weighted by atomic mass is 9.92. The smallest absolute Gasteiger partial charge is 0.220 e. The van der Waals surface area contributed by atoms with Crippen molar-refractivity contribution in [3.63, 3.8) is 0 Å². The van der Waals surface area contributed by atoms with Gasteiger partial charge in [0, 0.05) is 31.4 Å². The number of carbonyl (C=O) groups excluding carboxylic acids is 1. The average Bonchev–Trinajstić information content (AvgIpc) is 2.47. The number of carbonyl (C=O) groups is 1. The van der Waals surface area contributed by atoms with E-state index in [1.807, 2.05) is 12.1 Å². The summed E-state index contributed by atoms with van der Waals surface area (Å²) in [6.45, 7) is 6.14. The summed E-state index contributed by atoms with van der Waals surface area (Å²) in [5.41, 5.74) is 1.17. The molecule has 0 aromatic carbocycles. The predicted octanol–water partition coefficient (Wildman–Crippen LogP) is 2.08. The van der Waals surface area contributed by atoms with Gasteiger partial charge in [-0.05, 0) is 48.9 Å². The van der Waals surface area contributed by atoms with Crippen LogP contribution >= 0.6 is 0 Å². The number of nitrogens with one attached hydrogen (secondary N) is 2. The van der Waals surface area contributed by atoms with Gasteiger partial charge in [0.1, 0.15) is 0 Å². The summed E-state index contributed by atoms with van der Waals surface area (Å²) in [7, 11) is 0. The van der Waals surface area contributed by atoms with Crippen LogP contribution in [0, 0.1) is 5.92 Å². The Balaban J connectivity index is 1.75. The van der Waals surface area contributed by atoms with E-state index in [0.29, 0.717) is 18.4 Å². The minimum absolute atomic E-state index is 0.133. The summed E-state index contributed by atoms with van der Waals surface area (Å²) in [5.74, 6) is 1.00. The molecule has 0 unspecified atom stereocenters. The van der Waals surface area contributed by atoms with Crippen LogP contribution in [0.25, 0.3) is 0 Å². The van der Waals surface area contributed by atoms with Gasteiger partial charge in [-0.15, -0.1) is 0 Å². The van der Waals surface area contributed by atoms with E-state index in [-0.39, 0.29) is 11.8 Å². The molecule has 0 radical (unpaired) electrons. The zero-order chi connectivity index (χ0) is 14.4. The fourth-order valence-electron chi connectivity index (χ4n) is 2.77. The highest BCUT2D eigenvalue weighted by Gasteiger charge is 2.21. The molecular weight excluding hydrogens is 250 g/mol. The van der Waals surface area contributed by atoms with Crippen LogP contribution in [-0.4, -0.2) is 30.0 Å². The summed E-state index contributed by atoms with van der Waals surface area (Å²) in [4.78, 5) is 16.0. The number of amides is 1. The molecule has 1 aliphatic rings. The molecule has 110 valence electrons. The highest BCUT2D eigenvalue weighted by Crippen LogP contribution is 2.18. The number of pyridine rings is 1. The minimum Gasteiger partial charge on any atom is -0.355 e. The fourth-order valence-corrected chi connectivity index (χ4v) is 2.77. The molecule has 0 bridgehead atoms. The number of hydrogen-bond acceptors (Lipinski definition) is 3. The van der Waals surface area contributed by atoms with Gasteiger partial charge in [-0.25, -0.2) is 0 Å². The van der Waals surface area contributed by atoms with Crippen molar-refractivity contribution in [3.8, 4) is 0 Å². The van der Waals surface area contributed by atoms with E-state index in [1.165, 1.54) is 18.4 Å². The van der Waals surface area contributed by atoms with Crippen LogP contribution in [0.15, 0.2) is 24.5 Å². The largest absolute Gasteiger partial charge is 0.355 e. The van der Waals surface area contributed by atoms with Gasteiger partial charge in [-0.3, -0.25) is 9.78 Å². The molecule has 1 fully saturated rings. The summed E-state index contributed by atoms with van der Waals surface area (Å²) in [6.07, 6.45) is 6.57. The summed E-state index contributed by atoms with van der Waals surface area (Å²) < 4.78 is 0. The van der Waals surface area contributed by atoms with Crippen LogP contribution in [0.2, 0.25) is 0 Å². The van der Waals surface area contributed by atoms with Gasteiger partial charge in [0.15, 0.2) is 0 Å². The molecule has 4 nitrogen and oxygen atoms in total. The fraction of sp³-hybridized carbons (Fsp3) is 0.625. The van der Waals surface area contributed by atoms with E-state index in [0.717, 1.165) is 13.1 Å². The van der Waals surface area contributed by atoms with E-state index in [9.17, 15) is 4.79 Å². The molecule has 0 spiro atoms. The number of piperidine rings is 1. The van der Waals surface area contributed by atoms with Crippen LogP contribution in [0.5, 0.6) is 0 Å². The molecule has 4 heteroatoms. The maximum absolute atomic E-state index is 12.0. The quantitative estimate of drug-likeness (QED) is 0.865. The molecular formula is C16H25N3O. The second kappa shape index (κ2) is 7.39. The average molecular weight is 275 g/mol. The second-order valence-electron chi connectivity index (χ2n) is 5.87. The lowest BCUT2D eigenvalue weighted by molar-refractivity contribution is -0.121. The normalized spacial score (nSPS) is 24.1. The third-order valence-electron chi connectivity index (χ3n) is 4.22. The number of aromatic nitrogens is 1. The Bertz CT molecular complexity index is 421. The van der Waals surface area contributed by atoms with Gasteiger partial charge in [0.2, 0.25) is 5.91 Å². The van der Waals surface area contributed by atoms with E-state index >= 15 is 0 Å². The van der Waals surface area contributed by atoms with Crippen molar-refractivity contribution in [1.82, 2.24) is 15.6 Å². The first-order valence-corrected chi connectivity index (χ1v) is 7.57. The molecule has 2 rings (SSSR count). The Hall–Kier alpha value is -1.42. The van der Waals surface area contributed by atoms with Crippen molar-refractivity contribution in [1.29, 1.82) is 0 Å². The first kappa shape index (κ1) is 15.0. The molecule has 1 aliphatic heterocycles. The molecule has 1 aromatic rings. The first-order valence-electron chi connectivity index (χ1n) is 7.57. The van der Waals surface area contributed by atoms with Gasteiger partial charge in [-0.2, -0.15) is 0 Å². The van der Waals surface area contributed by atoms with Crippen LogP contribution in [0.4, 0.5) is 0 Å². The van der Waals surface area contributed by atoms with Crippen molar-refractivity contribution >= 4 is 5.91 Å². The molecule has 0 aliphatic carbocycles. The highest BCUT2D eigenvalue weighted by atomic mass is 16.1. The molecule has 1 aromatic heterocycles. The third kappa shape index (κ3) is 4.30. The second-order valence-corrected chi connectivity index (χ2v) is 5.87. The standard InChI is InChI=1S/C16H25N3O/c1-12-4-3-7-18-15(12)11-19-16(20)10-13(2)14-5-8-17-9-6-14/h5-6,8-9,12-13,15,18H,3-4,7,10-11H2,1-2H3,(H,19,20)/t12-,13+,15+/m0/s1. The van der Waals surface area contributed by atoms with Gasteiger partial charge in [-0.1, -0.05) is 13.8 Å². The van der Waals surface area contributed by atoms with Gasteiger partial charge in [0.05, 0.1) is 0 Å². The zero-order valence-electron chi connectivity index (χ0n) is 12.4. The Morgan fingerprint density at radius 2 is 2.25 bits per heavy atom. The third-order valence-corrected chi connectivity index (χ3v) is 4.22. The minimum atomic E-state index is 0.133. The first-order chi connectivity index (χ1) is 9.66. The van der Waals surface area contributed by atoms with Gasteiger partial charge >= 0.3 is 0 Å². The van der Waals surface area contributed by atoms with Crippen LogP contribution in [0.3, 0.4) is 0 Å². The SMILES string of the molecule is C[C@H](CC(=O)NC[C@H]1NCCC[C@@H]1C)c1ccncc1. The van der Waals surface area contributed by atoms with Gasteiger partial charge < -0.3 is 10.6 Å². The summed E-state index contributed by atoms with van der Waals surface area (Å²) >= 11 is 0. The summed E-state index contributed by atoms with van der Waals surface area (Å²) in [5, 5.41) is 6.55. The van der Waals surface area contributed by atoms with Crippen LogP contribution in [0.1, 0.15) is 44.6 Å².